The SMILES string of the molecule is O=C(NS(=O)(=O)c1ccc(OCc2ccc(F)cc2)cc1)c1cc(Cl)c(OCC2CCCC2)cc1F. The Kier molecular flexibility index (Phi) is 8.11. The fourth-order valence-corrected chi connectivity index (χ4v) is 5.08. The third-order valence-electron chi connectivity index (χ3n) is 5.90. The van der Waals surface area contributed by atoms with Gasteiger partial charge in [-0.1, -0.05) is 36.6 Å². The molecular weight excluding hydrogens is 512 g/mol. The number of nitrogens with one attached hydrogen (secondary N) is 1. The largest absolute Gasteiger partial charge is 0.492 e. The summed E-state index contributed by atoms with van der Waals surface area (Å²) in [4.78, 5) is 12.3. The van der Waals surface area contributed by atoms with E-state index < -0.39 is 27.3 Å². The highest BCUT2D eigenvalue weighted by atomic mass is 35.5. The van der Waals surface area contributed by atoms with Gasteiger partial charge in [-0.3, -0.25) is 4.79 Å². The van der Waals surface area contributed by atoms with Crippen LogP contribution in [0.1, 0.15) is 41.6 Å². The maximum atomic E-state index is 14.6. The summed E-state index contributed by atoms with van der Waals surface area (Å²) in [5.41, 5.74) is 0.215. The van der Waals surface area contributed by atoms with E-state index in [2.05, 4.69) is 0 Å². The molecule has 0 atom stereocenters. The highest BCUT2D eigenvalue weighted by Crippen LogP contribution is 2.31. The molecule has 1 fully saturated rings. The standard InChI is InChI=1S/C26H24ClF2NO5S/c27-23-13-22(24(29)14-25(23)35-16-17-3-1-2-4-17)26(31)30-36(32,33)21-11-9-20(10-12-21)34-15-18-5-7-19(28)8-6-18/h5-14,17H,1-4,15-16H2,(H,30,31). The summed E-state index contributed by atoms with van der Waals surface area (Å²) in [6, 6.07) is 13.1. The first-order chi connectivity index (χ1) is 17.2. The monoisotopic (exact) mass is 535 g/mol. The van der Waals surface area contributed by atoms with Crippen LogP contribution in [0.2, 0.25) is 5.02 Å². The Hall–Kier alpha value is -3.17. The topological polar surface area (TPSA) is 81.7 Å². The van der Waals surface area contributed by atoms with E-state index in [0.29, 0.717) is 18.3 Å². The zero-order valence-electron chi connectivity index (χ0n) is 19.2. The number of hydrogen-bond acceptors (Lipinski definition) is 5. The molecule has 6 nitrogen and oxygen atoms in total. The van der Waals surface area contributed by atoms with Crippen LogP contribution in [0.5, 0.6) is 11.5 Å². The molecule has 1 N–H and O–H groups in total. The van der Waals surface area contributed by atoms with Crippen LogP contribution in [0.15, 0.2) is 65.6 Å². The zero-order chi connectivity index (χ0) is 25.7. The second kappa shape index (κ2) is 11.3. The number of sulfonamides is 1. The lowest BCUT2D eigenvalue weighted by molar-refractivity contribution is 0.0977. The third kappa shape index (κ3) is 6.53. The normalized spacial score (nSPS) is 14.0. The molecule has 10 heteroatoms. The van der Waals surface area contributed by atoms with Gasteiger partial charge in [-0.2, -0.15) is 0 Å². The van der Waals surface area contributed by atoms with E-state index in [1.165, 1.54) is 36.4 Å². The highest BCUT2D eigenvalue weighted by Gasteiger charge is 2.23. The molecule has 0 bridgehead atoms. The van der Waals surface area contributed by atoms with Gasteiger partial charge in [0.2, 0.25) is 0 Å². The first kappa shape index (κ1) is 25.9. The molecule has 1 aliphatic rings. The van der Waals surface area contributed by atoms with E-state index in [4.69, 9.17) is 21.1 Å². The van der Waals surface area contributed by atoms with Crippen LogP contribution in [-0.4, -0.2) is 20.9 Å². The summed E-state index contributed by atoms with van der Waals surface area (Å²) in [6.45, 7) is 0.562. The molecule has 0 radical (unpaired) electrons. The Morgan fingerprint density at radius 1 is 0.972 bits per heavy atom. The van der Waals surface area contributed by atoms with Gasteiger partial charge < -0.3 is 9.47 Å². The van der Waals surface area contributed by atoms with Gasteiger partial charge in [0.05, 0.1) is 22.1 Å². The number of amides is 1. The van der Waals surface area contributed by atoms with E-state index >= 15 is 0 Å². The van der Waals surface area contributed by atoms with Crippen molar-refractivity contribution in [2.24, 2.45) is 5.92 Å². The third-order valence-corrected chi connectivity index (χ3v) is 7.54. The minimum Gasteiger partial charge on any atom is -0.492 e. The van der Waals surface area contributed by atoms with Crippen molar-refractivity contribution in [2.45, 2.75) is 37.2 Å². The molecular formula is C26H24ClF2NO5S. The molecule has 0 unspecified atom stereocenters. The molecule has 1 aliphatic carbocycles. The van der Waals surface area contributed by atoms with E-state index in [1.54, 1.807) is 12.1 Å². The highest BCUT2D eigenvalue weighted by molar-refractivity contribution is 7.90. The number of carbonyl (C=O) groups is 1. The van der Waals surface area contributed by atoms with Gasteiger partial charge in [0.1, 0.15) is 29.7 Å². The Labute approximate surface area is 213 Å². The minimum atomic E-state index is -4.30. The summed E-state index contributed by atoms with van der Waals surface area (Å²) in [5, 5.41) is 0.0135. The predicted molar refractivity (Wildman–Crippen MR) is 131 cm³/mol. The van der Waals surface area contributed by atoms with Crippen molar-refractivity contribution in [3.8, 4) is 11.5 Å². The van der Waals surface area contributed by atoms with E-state index in [1.807, 2.05) is 4.72 Å². The van der Waals surface area contributed by atoms with Crippen LogP contribution in [0.3, 0.4) is 0 Å². The van der Waals surface area contributed by atoms with Crippen LogP contribution in [0.25, 0.3) is 0 Å². The minimum absolute atomic E-state index is 0.0135. The summed E-state index contributed by atoms with van der Waals surface area (Å²) in [5.74, 6) is -1.60. The van der Waals surface area contributed by atoms with Gasteiger partial charge in [-0.15, -0.1) is 0 Å². The fraction of sp³-hybridized carbons (Fsp3) is 0.269. The van der Waals surface area contributed by atoms with Crippen LogP contribution in [0.4, 0.5) is 8.78 Å². The molecule has 0 aliphatic heterocycles. The summed E-state index contributed by atoms with van der Waals surface area (Å²) in [7, 11) is -4.30. The van der Waals surface area contributed by atoms with Crippen molar-refractivity contribution >= 4 is 27.5 Å². The molecule has 0 saturated heterocycles. The maximum Gasteiger partial charge on any atom is 0.268 e. The maximum absolute atomic E-state index is 14.6. The summed E-state index contributed by atoms with van der Waals surface area (Å²) >= 11 is 6.16. The second-order valence-corrected chi connectivity index (χ2v) is 10.6. The number of carbonyl (C=O) groups excluding carboxylic acids is 1. The van der Waals surface area contributed by atoms with Gasteiger partial charge in [-0.25, -0.2) is 21.9 Å². The van der Waals surface area contributed by atoms with Gasteiger partial charge in [0, 0.05) is 6.07 Å². The first-order valence-electron chi connectivity index (χ1n) is 11.4. The van der Waals surface area contributed by atoms with Crippen molar-refractivity contribution in [1.29, 1.82) is 0 Å². The van der Waals surface area contributed by atoms with Gasteiger partial charge in [0.15, 0.2) is 0 Å². The van der Waals surface area contributed by atoms with Gasteiger partial charge in [0.25, 0.3) is 15.9 Å². The predicted octanol–water partition coefficient (Wildman–Crippen LogP) is 5.88. The molecule has 0 spiro atoms. The molecule has 0 aromatic heterocycles. The number of halogens is 3. The average Bonchev–Trinajstić information content (AvgIpc) is 3.37. The fourth-order valence-electron chi connectivity index (χ4n) is 3.90. The van der Waals surface area contributed by atoms with E-state index in [0.717, 1.165) is 43.4 Å². The molecule has 1 saturated carbocycles. The van der Waals surface area contributed by atoms with E-state index in [-0.39, 0.29) is 28.1 Å². The Morgan fingerprint density at radius 3 is 2.31 bits per heavy atom. The van der Waals surface area contributed by atoms with Gasteiger partial charge >= 0.3 is 0 Å². The van der Waals surface area contributed by atoms with Crippen LogP contribution < -0.4 is 14.2 Å². The van der Waals surface area contributed by atoms with Crippen LogP contribution in [-0.2, 0) is 16.6 Å². The second-order valence-electron chi connectivity index (χ2n) is 8.55. The lowest BCUT2D eigenvalue weighted by atomic mass is 10.1. The van der Waals surface area contributed by atoms with Crippen molar-refractivity contribution in [3.63, 3.8) is 0 Å². The number of benzene rings is 3. The smallest absolute Gasteiger partial charge is 0.268 e. The number of rotatable bonds is 9. The van der Waals surface area contributed by atoms with Crippen molar-refractivity contribution < 1.29 is 31.5 Å². The average molecular weight is 536 g/mol. The lowest BCUT2D eigenvalue weighted by Gasteiger charge is -2.14. The molecule has 3 aromatic carbocycles. The number of hydrogen-bond donors (Lipinski definition) is 1. The van der Waals surface area contributed by atoms with Gasteiger partial charge in [-0.05, 0) is 66.8 Å². The van der Waals surface area contributed by atoms with Crippen LogP contribution >= 0.6 is 11.6 Å². The Balaban J connectivity index is 1.38. The van der Waals surface area contributed by atoms with Crippen molar-refractivity contribution in [1.82, 2.24) is 4.72 Å². The number of ether oxygens (including phenoxy) is 2. The zero-order valence-corrected chi connectivity index (χ0v) is 20.7. The van der Waals surface area contributed by atoms with Crippen molar-refractivity contribution in [3.05, 3.63) is 88.4 Å². The molecule has 4 rings (SSSR count). The lowest BCUT2D eigenvalue weighted by Crippen LogP contribution is -2.31. The first-order valence-corrected chi connectivity index (χ1v) is 13.2. The molecule has 190 valence electrons. The molecule has 1 amide bonds. The van der Waals surface area contributed by atoms with E-state index in [9.17, 15) is 22.0 Å². The summed E-state index contributed by atoms with van der Waals surface area (Å²) < 4.78 is 66.0. The Morgan fingerprint density at radius 2 is 1.64 bits per heavy atom. The molecule has 36 heavy (non-hydrogen) atoms. The Bertz CT molecular complexity index is 1330. The molecule has 0 heterocycles. The quantitative estimate of drug-likeness (QED) is 0.370. The molecule has 3 aromatic rings. The summed E-state index contributed by atoms with van der Waals surface area (Å²) in [6.07, 6.45) is 4.35. The van der Waals surface area contributed by atoms with Crippen LogP contribution in [0, 0.1) is 17.6 Å². The van der Waals surface area contributed by atoms with Crippen molar-refractivity contribution in [2.75, 3.05) is 6.61 Å².